The van der Waals surface area contributed by atoms with Crippen LogP contribution in [0, 0.1) is 0 Å². The van der Waals surface area contributed by atoms with Crippen molar-refractivity contribution in [3.05, 3.63) is 23.8 Å². The number of para-hydroxylation sites is 1. The van der Waals surface area contributed by atoms with E-state index in [1.54, 1.807) is 14.2 Å². The van der Waals surface area contributed by atoms with Gasteiger partial charge in [0.2, 0.25) is 11.8 Å². The zero-order chi connectivity index (χ0) is 19.2. The van der Waals surface area contributed by atoms with E-state index in [-0.39, 0.29) is 18.2 Å². The maximum atomic E-state index is 12.7. The lowest BCUT2D eigenvalue weighted by Crippen LogP contribution is -2.56. The van der Waals surface area contributed by atoms with Gasteiger partial charge in [-0.2, -0.15) is 11.8 Å². The summed E-state index contributed by atoms with van der Waals surface area (Å²) in [5.74, 6) is 3.24. The summed E-state index contributed by atoms with van der Waals surface area (Å²) in [4.78, 5) is 29.1. The molecule has 0 saturated carbocycles. The van der Waals surface area contributed by atoms with Gasteiger partial charge in [0.1, 0.15) is 0 Å². The van der Waals surface area contributed by atoms with Gasteiger partial charge in [0.25, 0.3) is 0 Å². The van der Waals surface area contributed by atoms with Crippen molar-refractivity contribution in [3.63, 3.8) is 0 Å². The summed E-state index contributed by atoms with van der Waals surface area (Å²) < 4.78 is 10.9. The third kappa shape index (κ3) is 4.68. The van der Waals surface area contributed by atoms with Crippen molar-refractivity contribution in [1.29, 1.82) is 0 Å². The number of thioether (sulfide) groups is 1. The van der Waals surface area contributed by atoms with Crippen molar-refractivity contribution < 1.29 is 19.1 Å². The van der Waals surface area contributed by atoms with Crippen LogP contribution in [0.5, 0.6) is 11.5 Å². The summed E-state index contributed by atoms with van der Waals surface area (Å²) >= 11 is 1.86. The normalized spacial score (nSPS) is 20.9. The summed E-state index contributed by atoms with van der Waals surface area (Å²) in [7, 11) is 3.22. The second-order valence-electron chi connectivity index (χ2n) is 6.63. The zero-order valence-corrected chi connectivity index (χ0v) is 16.7. The molecule has 3 rings (SSSR count). The van der Waals surface area contributed by atoms with E-state index in [2.05, 4.69) is 10.2 Å². The first-order valence-electron chi connectivity index (χ1n) is 9.21. The molecule has 8 heteroatoms. The molecule has 2 aliphatic heterocycles. The third-order valence-corrected chi connectivity index (χ3v) is 5.97. The maximum absolute atomic E-state index is 12.7. The molecule has 2 aliphatic rings. The van der Waals surface area contributed by atoms with E-state index in [0.717, 1.165) is 30.2 Å². The Hall–Kier alpha value is -1.93. The van der Waals surface area contributed by atoms with Gasteiger partial charge in [-0.15, -0.1) is 0 Å². The van der Waals surface area contributed by atoms with Crippen molar-refractivity contribution in [2.75, 3.05) is 51.9 Å². The lowest BCUT2D eigenvalue weighted by Gasteiger charge is -2.36. The van der Waals surface area contributed by atoms with Crippen LogP contribution in [0.15, 0.2) is 18.2 Å². The lowest BCUT2D eigenvalue weighted by atomic mass is 10.1. The van der Waals surface area contributed by atoms with Gasteiger partial charge in [0.05, 0.1) is 26.7 Å². The number of ether oxygens (including phenoxy) is 2. The summed E-state index contributed by atoms with van der Waals surface area (Å²) in [6.07, 6.45) is 0.211. The van der Waals surface area contributed by atoms with Crippen LogP contribution in [0.2, 0.25) is 0 Å². The van der Waals surface area contributed by atoms with Gasteiger partial charge in [0.15, 0.2) is 11.5 Å². The first-order valence-corrected chi connectivity index (χ1v) is 10.4. The summed E-state index contributed by atoms with van der Waals surface area (Å²) in [5.41, 5.74) is 0.943. The molecule has 148 valence electrons. The molecule has 1 aromatic rings. The first kappa shape index (κ1) is 19.8. The van der Waals surface area contributed by atoms with E-state index in [1.807, 2.05) is 34.9 Å². The highest BCUT2D eigenvalue weighted by atomic mass is 32.2. The SMILES string of the molecule is COc1cccc(CN2CCNC(=O)C2CC(=O)N2CCSCC2)c1OC. The summed E-state index contributed by atoms with van der Waals surface area (Å²) in [6.45, 7) is 3.33. The topological polar surface area (TPSA) is 71.1 Å². The van der Waals surface area contributed by atoms with Crippen molar-refractivity contribution in [2.45, 2.75) is 19.0 Å². The number of amides is 2. The number of carbonyl (C=O) groups excluding carboxylic acids is 2. The van der Waals surface area contributed by atoms with Gasteiger partial charge < -0.3 is 19.7 Å². The average molecular weight is 394 g/mol. The second kappa shape index (κ2) is 9.32. The largest absolute Gasteiger partial charge is 0.493 e. The minimum atomic E-state index is -0.461. The standard InChI is InChI=1S/C19H27N3O4S/c1-25-16-5-3-4-14(18(16)26-2)13-22-7-6-20-19(24)15(22)12-17(23)21-8-10-27-11-9-21/h3-5,15H,6-13H2,1-2H3,(H,20,24). The van der Waals surface area contributed by atoms with Crippen LogP contribution >= 0.6 is 11.8 Å². The van der Waals surface area contributed by atoms with Crippen LogP contribution in [0.3, 0.4) is 0 Å². The number of hydrogen-bond donors (Lipinski definition) is 1. The van der Waals surface area contributed by atoms with Gasteiger partial charge >= 0.3 is 0 Å². The smallest absolute Gasteiger partial charge is 0.237 e. The molecule has 1 atom stereocenters. The Morgan fingerprint density at radius 1 is 1.22 bits per heavy atom. The predicted molar refractivity (Wildman–Crippen MR) is 105 cm³/mol. The molecule has 2 amide bonds. The fraction of sp³-hybridized carbons (Fsp3) is 0.579. The highest BCUT2D eigenvalue weighted by molar-refractivity contribution is 7.99. The van der Waals surface area contributed by atoms with Crippen molar-refractivity contribution in [2.24, 2.45) is 0 Å². The van der Waals surface area contributed by atoms with Crippen molar-refractivity contribution in [3.8, 4) is 11.5 Å². The molecule has 0 bridgehead atoms. The molecular weight excluding hydrogens is 366 g/mol. The predicted octanol–water partition coefficient (Wildman–Crippen LogP) is 0.970. The van der Waals surface area contributed by atoms with Gasteiger partial charge in [-0.3, -0.25) is 14.5 Å². The Balaban J connectivity index is 1.74. The van der Waals surface area contributed by atoms with Crippen LogP contribution in [0.1, 0.15) is 12.0 Å². The summed E-state index contributed by atoms with van der Waals surface area (Å²) in [5, 5.41) is 2.90. The van der Waals surface area contributed by atoms with Crippen LogP contribution in [-0.4, -0.2) is 79.6 Å². The molecule has 27 heavy (non-hydrogen) atoms. The van der Waals surface area contributed by atoms with Crippen molar-refractivity contribution >= 4 is 23.6 Å². The van der Waals surface area contributed by atoms with E-state index in [4.69, 9.17) is 9.47 Å². The Morgan fingerprint density at radius 3 is 2.70 bits per heavy atom. The zero-order valence-electron chi connectivity index (χ0n) is 15.9. The summed E-state index contributed by atoms with van der Waals surface area (Å²) in [6, 6.07) is 5.26. The molecule has 2 heterocycles. The average Bonchev–Trinajstić information content (AvgIpc) is 2.70. The van der Waals surface area contributed by atoms with E-state index < -0.39 is 6.04 Å². The fourth-order valence-corrected chi connectivity index (χ4v) is 4.48. The number of hydrogen-bond acceptors (Lipinski definition) is 6. The first-order chi connectivity index (χ1) is 13.1. The third-order valence-electron chi connectivity index (χ3n) is 5.03. The number of benzene rings is 1. The van der Waals surface area contributed by atoms with Crippen molar-refractivity contribution in [1.82, 2.24) is 15.1 Å². The quantitative estimate of drug-likeness (QED) is 0.777. The minimum absolute atomic E-state index is 0.0555. The fourth-order valence-electron chi connectivity index (χ4n) is 3.58. The monoisotopic (exact) mass is 393 g/mol. The second-order valence-corrected chi connectivity index (χ2v) is 7.85. The van der Waals surface area contributed by atoms with Crippen LogP contribution in [0.25, 0.3) is 0 Å². The highest BCUT2D eigenvalue weighted by Gasteiger charge is 2.33. The van der Waals surface area contributed by atoms with Gasteiger partial charge in [0, 0.05) is 49.8 Å². The van der Waals surface area contributed by atoms with Crippen LogP contribution in [-0.2, 0) is 16.1 Å². The molecule has 0 aromatic heterocycles. The maximum Gasteiger partial charge on any atom is 0.237 e. The Kier molecular flexibility index (Phi) is 6.84. The van der Waals surface area contributed by atoms with Gasteiger partial charge in [-0.1, -0.05) is 12.1 Å². The molecule has 0 aliphatic carbocycles. The molecule has 1 N–H and O–H groups in total. The van der Waals surface area contributed by atoms with E-state index >= 15 is 0 Å². The molecule has 1 unspecified atom stereocenters. The Labute approximate surface area is 164 Å². The molecule has 1 aromatic carbocycles. The molecule has 7 nitrogen and oxygen atoms in total. The molecule has 0 radical (unpaired) electrons. The van der Waals surface area contributed by atoms with Gasteiger partial charge in [-0.05, 0) is 6.07 Å². The van der Waals surface area contributed by atoms with Gasteiger partial charge in [-0.25, -0.2) is 0 Å². The van der Waals surface area contributed by atoms with E-state index in [0.29, 0.717) is 31.1 Å². The van der Waals surface area contributed by atoms with Crippen LogP contribution in [0.4, 0.5) is 0 Å². The molecular formula is C19H27N3O4S. The number of carbonyl (C=O) groups is 2. The highest BCUT2D eigenvalue weighted by Crippen LogP contribution is 2.32. The number of rotatable bonds is 6. The van der Waals surface area contributed by atoms with E-state index in [9.17, 15) is 9.59 Å². The number of piperazine rings is 1. The van der Waals surface area contributed by atoms with Crippen LogP contribution < -0.4 is 14.8 Å². The Bertz CT molecular complexity index is 679. The molecule has 2 fully saturated rings. The number of methoxy groups -OCH3 is 2. The number of nitrogens with one attached hydrogen (secondary N) is 1. The minimum Gasteiger partial charge on any atom is -0.493 e. The molecule has 2 saturated heterocycles. The Morgan fingerprint density at radius 2 is 2.00 bits per heavy atom. The number of nitrogens with zero attached hydrogens (tertiary/aromatic N) is 2. The lowest BCUT2D eigenvalue weighted by molar-refractivity contribution is -0.138. The van der Waals surface area contributed by atoms with E-state index in [1.165, 1.54) is 0 Å². The molecule has 0 spiro atoms.